The minimum absolute atomic E-state index is 0.0359. The molecule has 0 atom stereocenters. The van der Waals surface area contributed by atoms with Gasteiger partial charge in [0.1, 0.15) is 0 Å². The minimum Gasteiger partial charge on any atom is -0.384 e. The number of carbonyl (C=O) groups excluding carboxylic acids is 1. The molecule has 0 saturated heterocycles. The van der Waals surface area contributed by atoms with Crippen LogP contribution in [0.4, 0.5) is 11.4 Å². The zero-order chi connectivity index (χ0) is 15.0. The molecule has 0 saturated carbocycles. The van der Waals surface area contributed by atoms with E-state index in [2.05, 4.69) is 22.5 Å². The summed E-state index contributed by atoms with van der Waals surface area (Å²) >= 11 is 0. The summed E-state index contributed by atoms with van der Waals surface area (Å²) < 4.78 is 0. The largest absolute Gasteiger partial charge is 0.384 e. The first-order valence-electron chi connectivity index (χ1n) is 7.30. The van der Waals surface area contributed by atoms with E-state index < -0.39 is 0 Å². The molecule has 112 valence electrons. The molecule has 1 aromatic rings. The minimum atomic E-state index is 0.0359. The van der Waals surface area contributed by atoms with Crippen molar-refractivity contribution in [1.29, 1.82) is 0 Å². The third kappa shape index (κ3) is 5.47. The van der Waals surface area contributed by atoms with Gasteiger partial charge in [0, 0.05) is 19.1 Å². The quantitative estimate of drug-likeness (QED) is 0.766. The number of amides is 1. The molecule has 5 nitrogen and oxygen atoms in total. The number of carbonyl (C=O) groups is 1. The molecular weight excluding hydrogens is 252 g/mol. The maximum atomic E-state index is 11.9. The van der Waals surface area contributed by atoms with Gasteiger partial charge in [-0.3, -0.25) is 9.78 Å². The molecule has 1 aromatic heterocycles. The second-order valence-electron chi connectivity index (χ2n) is 5.09. The van der Waals surface area contributed by atoms with Gasteiger partial charge < -0.3 is 15.5 Å². The standard InChI is InChI=1S/C15H26N4O/c1-5-7-17-13-8-14(10-16-9-13)19(6-2)11-15(20)18-12(3)4/h8-10,12,17H,5-7,11H2,1-4H3,(H,18,20). The highest BCUT2D eigenvalue weighted by Crippen LogP contribution is 2.17. The van der Waals surface area contributed by atoms with Crippen LogP contribution in [0.3, 0.4) is 0 Å². The first-order valence-corrected chi connectivity index (χ1v) is 7.30. The Hall–Kier alpha value is -1.78. The van der Waals surface area contributed by atoms with E-state index in [0.717, 1.165) is 30.9 Å². The van der Waals surface area contributed by atoms with E-state index in [1.165, 1.54) is 0 Å². The first-order chi connectivity index (χ1) is 9.56. The smallest absolute Gasteiger partial charge is 0.239 e. The van der Waals surface area contributed by atoms with E-state index in [0.29, 0.717) is 6.54 Å². The molecule has 2 N–H and O–H groups in total. The van der Waals surface area contributed by atoms with Crippen LogP contribution in [0, 0.1) is 0 Å². The number of hydrogen-bond acceptors (Lipinski definition) is 4. The molecule has 0 aliphatic heterocycles. The molecule has 0 bridgehead atoms. The predicted molar refractivity (Wildman–Crippen MR) is 84.2 cm³/mol. The first kappa shape index (κ1) is 16.3. The van der Waals surface area contributed by atoms with Gasteiger partial charge in [0.05, 0.1) is 30.3 Å². The molecule has 1 rings (SSSR count). The van der Waals surface area contributed by atoms with E-state index >= 15 is 0 Å². The fraction of sp³-hybridized carbons (Fsp3) is 0.600. The van der Waals surface area contributed by atoms with Crippen LogP contribution < -0.4 is 15.5 Å². The molecular formula is C15H26N4O. The van der Waals surface area contributed by atoms with Crippen LogP contribution in [0.25, 0.3) is 0 Å². The summed E-state index contributed by atoms with van der Waals surface area (Å²) in [5.41, 5.74) is 1.96. The zero-order valence-electron chi connectivity index (χ0n) is 12.9. The van der Waals surface area contributed by atoms with Gasteiger partial charge in [0.15, 0.2) is 0 Å². The lowest BCUT2D eigenvalue weighted by Gasteiger charge is -2.23. The molecule has 0 aliphatic rings. The molecule has 0 aromatic carbocycles. The lowest BCUT2D eigenvalue weighted by Crippen LogP contribution is -2.40. The Balaban J connectivity index is 2.71. The summed E-state index contributed by atoms with van der Waals surface area (Å²) in [6.45, 7) is 10.1. The third-order valence-electron chi connectivity index (χ3n) is 2.83. The second-order valence-corrected chi connectivity index (χ2v) is 5.09. The van der Waals surface area contributed by atoms with Crippen molar-refractivity contribution in [3.63, 3.8) is 0 Å². The summed E-state index contributed by atoms with van der Waals surface area (Å²) in [5, 5.41) is 6.22. The molecule has 0 spiro atoms. The average molecular weight is 278 g/mol. The number of nitrogens with one attached hydrogen (secondary N) is 2. The average Bonchev–Trinajstić information content (AvgIpc) is 2.42. The second kappa shape index (κ2) is 8.40. The maximum absolute atomic E-state index is 11.9. The van der Waals surface area contributed by atoms with Crippen LogP contribution in [0.5, 0.6) is 0 Å². The van der Waals surface area contributed by atoms with Crippen LogP contribution in [0.15, 0.2) is 18.5 Å². The van der Waals surface area contributed by atoms with E-state index in [-0.39, 0.29) is 11.9 Å². The highest BCUT2D eigenvalue weighted by molar-refractivity contribution is 5.81. The number of rotatable bonds is 8. The van der Waals surface area contributed by atoms with Crippen molar-refractivity contribution in [2.75, 3.05) is 29.9 Å². The Kier molecular flexibility index (Phi) is 6.84. The van der Waals surface area contributed by atoms with E-state index in [4.69, 9.17) is 0 Å². The molecule has 5 heteroatoms. The molecule has 0 fully saturated rings. The molecule has 1 amide bonds. The van der Waals surface area contributed by atoms with Crippen molar-refractivity contribution < 1.29 is 4.79 Å². The fourth-order valence-corrected chi connectivity index (χ4v) is 1.89. The molecule has 0 aliphatic carbocycles. The van der Waals surface area contributed by atoms with Crippen molar-refractivity contribution in [2.24, 2.45) is 0 Å². The van der Waals surface area contributed by atoms with Crippen molar-refractivity contribution >= 4 is 17.3 Å². The van der Waals surface area contributed by atoms with Gasteiger partial charge in [-0.1, -0.05) is 6.92 Å². The van der Waals surface area contributed by atoms with Crippen molar-refractivity contribution in [3.05, 3.63) is 18.5 Å². The Morgan fingerprint density at radius 3 is 2.70 bits per heavy atom. The van der Waals surface area contributed by atoms with E-state index in [1.54, 1.807) is 12.4 Å². The Labute approximate surface area is 121 Å². The Morgan fingerprint density at radius 1 is 1.35 bits per heavy atom. The Morgan fingerprint density at radius 2 is 2.10 bits per heavy atom. The predicted octanol–water partition coefficient (Wildman–Crippen LogP) is 2.25. The SMILES string of the molecule is CCCNc1cncc(N(CC)CC(=O)NC(C)C)c1. The number of aromatic nitrogens is 1. The number of likely N-dealkylation sites (N-methyl/N-ethyl adjacent to an activating group) is 1. The van der Waals surface area contributed by atoms with Crippen LogP contribution in [-0.4, -0.2) is 36.6 Å². The Bertz CT molecular complexity index is 420. The highest BCUT2D eigenvalue weighted by atomic mass is 16.2. The third-order valence-corrected chi connectivity index (χ3v) is 2.83. The van der Waals surface area contributed by atoms with Gasteiger partial charge in [-0.2, -0.15) is 0 Å². The number of anilines is 2. The van der Waals surface area contributed by atoms with Crippen LogP contribution >= 0.6 is 0 Å². The summed E-state index contributed by atoms with van der Waals surface area (Å²) in [6.07, 6.45) is 4.67. The normalized spacial score (nSPS) is 10.4. The monoisotopic (exact) mass is 278 g/mol. The number of nitrogens with zero attached hydrogens (tertiary/aromatic N) is 2. The molecule has 1 heterocycles. The van der Waals surface area contributed by atoms with Crippen molar-refractivity contribution in [3.8, 4) is 0 Å². The van der Waals surface area contributed by atoms with Gasteiger partial charge in [-0.05, 0) is 33.3 Å². The van der Waals surface area contributed by atoms with Gasteiger partial charge >= 0.3 is 0 Å². The topological polar surface area (TPSA) is 57.3 Å². The molecule has 0 radical (unpaired) electrons. The summed E-state index contributed by atoms with van der Waals surface area (Å²) in [5.74, 6) is 0.0359. The van der Waals surface area contributed by atoms with Gasteiger partial charge in [0.2, 0.25) is 5.91 Å². The number of hydrogen-bond donors (Lipinski definition) is 2. The van der Waals surface area contributed by atoms with Gasteiger partial charge in [-0.25, -0.2) is 0 Å². The van der Waals surface area contributed by atoms with Crippen LogP contribution in [0.2, 0.25) is 0 Å². The molecule has 20 heavy (non-hydrogen) atoms. The van der Waals surface area contributed by atoms with Crippen molar-refractivity contribution in [2.45, 2.75) is 40.2 Å². The molecule has 0 unspecified atom stereocenters. The summed E-state index contributed by atoms with van der Waals surface area (Å²) in [6, 6.07) is 2.20. The van der Waals surface area contributed by atoms with Crippen LogP contribution in [0.1, 0.15) is 34.1 Å². The maximum Gasteiger partial charge on any atom is 0.239 e. The zero-order valence-corrected chi connectivity index (χ0v) is 12.9. The lowest BCUT2D eigenvalue weighted by molar-refractivity contribution is -0.120. The van der Waals surface area contributed by atoms with E-state index in [1.807, 2.05) is 31.7 Å². The number of pyridine rings is 1. The summed E-state index contributed by atoms with van der Waals surface area (Å²) in [7, 11) is 0. The van der Waals surface area contributed by atoms with Crippen molar-refractivity contribution in [1.82, 2.24) is 10.3 Å². The lowest BCUT2D eigenvalue weighted by atomic mass is 10.3. The highest BCUT2D eigenvalue weighted by Gasteiger charge is 2.11. The van der Waals surface area contributed by atoms with Crippen LogP contribution in [-0.2, 0) is 4.79 Å². The summed E-state index contributed by atoms with van der Waals surface area (Å²) in [4.78, 5) is 18.1. The fourth-order valence-electron chi connectivity index (χ4n) is 1.89. The van der Waals surface area contributed by atoms with Gasteiger partial charge in [0.25, 0.3) is 0 Å². The van der Waals surface area contributed by atoms with E-state index in [9.17, 15) is 4.79 Å². The van der Waals surface area contributed by atoms with Gasteiger partial charge in [-0.15, -0.1) is 0 Å².